The average Bonchev–Trinajstić information content (AvgIpc) is 2.53. The Balaban J connectivity index is 2.43. The van der Waals surface area contributed by atoms with Gasteiger partial charge in [-0.2, -0.15) is 4.31 Å². The van der Waals surface area contributed by atoms with Gasteiger partial charge in [0.1, 0.15) is 0 Å². The van der Waals surface area contributed by atoms with Gasteiger partial charge in [0.15, 0.2) is 0 Å². The molecular weight excluding hydrogens is 318 g/mol. The van der Waals surface area contributed by atoms with Crippen molar-refractivity contribution in [1.29, 1.82) is 0 Å². The van der Waals surface area contributed by atoms with Crippen LogP contribution in [0.2, 0.25) is 0 Å². The lowest BCUT2D eigenvalue weighted by Gasteiger charge is -2.21. The SMILES string of the molecule is CCN(Cc1ccncc1)S(=O)(=O)c1cc([N+](=O)[O-])ccc1C. The van der Waals surface area contributed by atoms with Crippen LogP contribution in [0.3, 0.4) is 0 Å². The third kappa shape index (κ3) is 3.72. The molecule has 2 rings (SSSR count). The highest BCUT2D eigenvalue weighted by Gasteiger charge is 2.27. The number of non-ortho nitro benzene ring substituents is 1. The number of benzene rings is 1. The largest absolute Gasteiger partial charge is 0.270 e. The Hall–Kier alpha value is -2.32. The number of hydrogen-bond donors (Lipinski definition) is 0. The highest BCUT2D eigenvalue weighted by atomic mass is 32.2. The third-order valence-corrected chi connectivity index (χ3v) is 5.52. The Kier molecular flexibility index (Phi) is 5.07. The van der Waals surface area contributed by atoms with Crippen LogP contribution < -0.4 is 0 Å². The maximum absolute atomic E-state index is 12.9. The topological polar surface area (TPSA) is 93.4 Å². The van der Waals surface area contributed by atoms with E-state index in [1.807, 2.05) is 0 Å². The van der Waals surface area contributed by atoms with Gasteiger partial charge in [-0.15, -0.1) is 0 Å². The molecule has 0 fully saturated rings. The number of aryl methyl sites for hydroxylation is 1. The molecule has 0 saturated heterocycles. The second-order valence-electron chi connectivity index (χ2n) is 4.99. The number of nitro benzene ring substituents is 1. The Morgan fingerprint density at radius 3 is 2.43 bits per heavy atom. The summed E-state index contributed by atoms with van der Waals surface area (Å²) in [7, 11) is -3.83. The van der Waals surface area contributed by atoms with Crippen molar-refractivity contribution in [1.82, 2.24) is 9.29 Å². The van der Waals surface area contributed by atoms with Crippen LogP contribution in [0.5, 0.6) is 0 Å². The smallest absolute Gasteiger partial charge is 0.265 e. The van der Waals surface area contributed by atoms with E-state index in [1.54, 1.807) is 38.4 Å². The monoisotopic (exact) mass is 335 g/mol. The lowest BCUT2D eigenvalue weighted by molar-refractivity contribution is -0.385. The second-order valence-corrected chi connectivity index (χ2v) is 6.90. The molecule has 1 aromatic heterocycles. The van der Waals surface area contributed by atoms with E-state index in [4.69, 9.17) is 0 Å². The predicted molar refractivity (Wildman–Crippen MR) is 85.3 cm³/mol. The lowest BCUT2D eigenvalue weighted by atomic mass is 10.2. The van der Waals surface area contributed by atoms with E-state index in [-0.39, 0.29) is 23.7 Å². The number of sulfonamides is 1. The average molecular weight is 335 g/mol. The van der Waals surface area contributed by atoms with Crippen molar-refractivity contribution in [2.45, 2.75) is 25.3 Å². The quantitative estimate of drug-likeness (QED) is 0.597. The molecule has 122 valence electrons. The minimum absolute atomic E-state index is 0.0393. The first-order chi connectivity index (χ1) is 10.9. The number of hydrogen-bond acceptors (Lipinski definition) is 5. The Morgan fingerprint density at radius 2 is 1.87 bits per heavy atom. The summed E-state index contributed by atoms with van der Waals surface area (Å²) in [5, 5.41) is 10.9. The molecular formula is C15H17N3O4S. The van der Waals surface area contributed by atoms with Crippen molar-refractivity contribution in [2.75, 3.05) is 6.54 Å². The third-order valence-electron chi connectivity index (χ3n) is 3.46. The minimum Gasteiger partial charge on any atom is -0.265 e. The van der Waals surface area contributed by atoms with Crippen LogP contribution in [0, 0.1) is 17.0 Å². The first-order valence-electron chi connectivity index (χ1n) is 7.00. The van der Waals surface area contributed by atoms with Gasteiger partial charge in [0.2, 0.25) is 10.0 Å². The fourth-order valence-corrected chi connectivity index (χ4v) is 3.86. The maximum Gasteiger partial charge on any atom is 0.270 e. The summed E-state index contributed by atoms with van der Waals surface area (Å²) in [5.74, 6) is 0. The minimum atomic E-state index is -3.83. The van der Waals surface area contributed by atoms with E-state index in [9.17, 15) is 18.5 Å². The van der Waals surface area contributed by atoms with E-state index in [0.717, 1.165) is 11.6 Å². The summed E-state index contributed by atoms with van der Waals surface area (Å²) in [5.41, 5.74) is 1.03. The summed E-state index contributed by atoms with van der Waals surface area (Å²) in [6, 6.07) is 7.33. The first kappa shape index (κ1) is 17.0. The zero-order valence-electron chi connectivity index (χ0n) is 12.8. The Morgan fingerprint density at radius 1 is 1.22 bits per heavy atom. The molecule has 0 unspecified atom stereocenters. The van der Waals surface area contributed by atoms with Crippen LogP contribution in [0.4, 0.5) is 5.69 Å². The molecule has 0 aliphatic heterocycles. The summed E-state index contributed by atoms with van der Waals surface area (Å²) in [4.78, 5) is 14.2. The Labute approximate surface area is 134 Å². The molecule has 8 heteroatoms. The number of nitrogens with zero attached hydrogens (tertiary/aromatic N) is 3. The van der Waals surface area contributed by atoms with Crippen LogP contribution >= 0.6 is 0 Å². The molecule has 0 aliphatic carbocycles. The van der Waals surface area contributed by atoms with Gasteiger partial charge in [0.05, 0.1) is 9.82 Å². The molecule has 0 atom stereocenters. The molecule has 0 saturated carbocycles. The van der Waals surface area contributed by atoms with Crippen molar-refractivity contribution in [3.63, 3.8) is 0 Å². The Bertz CT molecular complexity index is 807. The summed E-state index contributed by atoms with van der Waals surface area (Å²) >= 11 is 0. The molecule has 0 spiro atoms. The highest BCUT2D eigenvalue weighted by molar-refractivity contribution is 7.89. The van der Waals surface area contributed by atoms with Crippen LogP contribution in [0.15, 0.2) is 47.6 Å². The van der Waals surface area contributed by atoms with Gasteiger partial charge in [0, 0.05) is 37.6 Å². The molecule has 1 heterocycles. The van der Waals surface area contributed by atoms with Crippen molar-refractivity contribution < 1.29 is 13.3 Å². The normalized spacial score (nSPS) is 11.6. The van der Waals surface area contributed by atoms with Gasteiger partial charge in [0.25, 0.3) is 5.69 Å². The number of nitro groups is 1. The van der Waals surface area contributed by atoms with E-state index in [0.29, 0.717) is 5.56 Å². The van der Waals surface area contributed by atoms with Gasteiger partial charge in [-0.3, -0.25) is 15.1 Å². The molecule has 2 aromatic rings. The van der Waals surface area contributed by atoms with Crippen molar-refractivity contribution in [3.8, 4) is 0 Å². The molecule has 0 amide bonds. The lowest BCUT2D eigenvalue weighted by Crippen LogP contribution is -2.31. The number of rotatable bonds is 6. The zero-order chi connectivity index (χ0) is 17.0. The van der Waals surface area contributed by atoms with Crippen LogP contribution in [-0.4, -0.2) is 29.2 Å². The fraction of sp³-hybridized carbons (Fsp3) is 0.267. The van der Waals surface area contributed by atoms with Gasteiger partial charge in [-0.25, -0.2) is 8.42 Å². The second kappa shape index (κ2) is 6.84. The molecule has 0 N–H and O–H groups in total. The van der Waals surface area contributed by atoms with Crippen molar-refractivity contribution in [3.05, 3.63) is 64.0 Å². The number of pyridine rings is 1. The van der Waals surface area contributed by atoms with Crippen LogP contribution in [0.1, 0.15) is 18.1 Å². The first-order valence-corrected chi connectivity index (χ1v) is 8.44. The van der Waals surface area contributed by atoms with E-state index < -0.39 is 14.9 Å². The van der Waals surface area contributed by atoms with Gasteiger partial charge in [-0.1, -0.05) is 13.0 Å². The van der Waals surface area contributed by atoms with E-state index in [2.05, 4.69) is 4.98 Å². The van der Waals surface area contributed by atoms with Crippen molar-refractivity contribution in [2.24, 2.45) is 0 Å². The van der Waals surface area contributed by atoms with Crippen LogP contribution in [-0.2, 0) is 16.6 Å². The molecule has 7 nitrogen and oxygen atoms in total. The van der Waals surface area contributed by atoms with Gasteiger partial charge < -0.3 is 0 Å². The van der Waals surface area contributed by atoms with E-state index >= 15 is 0 Å². The van der Waals surface area contributed by atoms with E-state index in [1.165, 1.54) is 16.4 Å². The fourth-order valence-electron chi connectivity index (χ4n) is 2.18. The summed E-state index contributed by atoms with van der Waals surface area (Å²) < 4.78 is 27.0. The molecule has 23 heavy (non-hydrogen) atoms. The van der Waals surface area contributed by atoms with Gasteiger partial charge in [-0.05, 0) is 30.2 Å². The van der Waals surface area contributed by atoms with Gasteiger partial charge >= 0.3 is 0 Å². The van der Waals surface area contributed by atoms with Crippen molar-refractivity contribution >= 4 is 15.7 Å². The molecule has 1 aromatic carbocycles. The summed E-state index contributed by atoms with van der Waals surface area (Å²) in [6.07, 6.45) is 3.18. The maximum atomic E-state index is 12.9. The number of aromatic nitrogens is 1. The van der Waals surface area contributed by atoms with Crippen LogP contribution in [0.25, 0.3) is 0 Å². The molecule has 0 aliphatic rings. The highest BCUT2D eigenvalue weighted by Crippen LogP contribution is 2.25. The standard InChI is InChI=1S/C15H17N3O4S/c1-3-17(11-13-6-8-16-9-7-13)23(21,22)15-10-14(18(19)20)5-4-12(15)2/h4-10H,3,11H2,1-2H3. The molecule has 0 radical (unpaired) electrons. The predicted octanol–water partition coefficient (Wildman–Crippen LogP) is 2.51. The summed E-state index contributed by atoms with van der Waals surface area (Å²) in [6.45, 7) is 3.79. The zero-order valence-corrected chi connectivity index (χ0v) is 13.7. The molecule has 0 bridgehead atoms.